The predicted molar refractivity (Wildman–Crippen MR) is 90.1 cm³/mol. The van der Waals surface area contributed by atoms with Crippen LogP contribution in [0.2, 0.25) is 5.02 Å². The Labute approximate surface area is 144 Å². The summed E-state index contributed by atoms with van der Waals surface area (Å²) in [5, 5.41) is 3.36. The summed E-state index contributed by atoms with van der Waals surface area (Å²) in [7, 11) is 0. The molecule has 0 spiro atoms. The molecule has 0 radical (unpaired) electrons. The zero-order chi connectivity index (χ0) is 17.1. The van der Waals surface area contributed by atoms with E-state index < -0.39 is 6.04 Å². The molecule has 1 heterocycles. The molecule has 4 nitrogen and oxygen atoms in total. The fraction of sp³-hybridized carbons (Fsp3) is 0.222. The van der Waals surface area contributed by atoms with Gasteiger partial charge in [0.15, 0.2) is 0 Å². The lowest BCUT2D eigenvalue weighted by Crippen LogP contribution is -2.41. The minimum atomic E-state index is -0.529. The number of carbonyl (C=O) groups is 2. The van der Waals surface area contributed by atoms with Gasteiger partial charge < -0.3 is 10.2 Å². The highest BCUT2D eigenvalue weighted by molar-refractivity contribution is 6.30. The molecule has 0 aromatic heterocycles. The zero-order valence-electron chi connectivity index (χ0n) is 12.8. The summed E-state index contributed by atoms with van der Waals surface area (Å²) < 4.78 is 12.9. The number of anilines is 1. The van der Waals surface area contributed by atoms with Gasteiger partial charge in [-0.2, -0.15) is 0 Å². The molecule has 1 N–H and O–H groups in total. The smallest absolute Gasteiger partial charge is 0.247 e. The van der Waals surface area contributed by atoms with Crippen molar-refractivity contribution in [1.82, 2.24) is 4.90 Å². The third-order valence-electron chi connectivity index (χ3n) is 4.01. The van der Waals surface area contributed by atoms with Gasteiger partial charge in [-0.1, -0.05) is 23.7 Å². The molecule has 2 aromatic carbocycles. The number of likely N-dealkylation sites (tertiary alicyclic amines) is 1. The second-order valence-corrected chi connectivity index (χ2v) is 6.14. The number of hydrogen-bond donors (Lipinski definition) is 1. The number of rotatable bonds is 4. The van der Waals surface area contributed by atoms with Crippen LogP contribution in [0.25, 0.3) is 0 Å². The Hall–Kier alpha value is -2.40. The van der Waals surface area contributed by atoms with Crippen LogP contribution in [0.3, 0.4) is 0 Å². The number of hydrogen-bond acceptors (Lipinski definition) is 2. The van der Waals surface area contributed by atoms with Gasteiger partial charge in [0.2, 0.25) is 11.8 Å². The number of carbonyl (C=O) groups excluding carboxylic acids is 2. The normalized spacial score (nSPS) is 17.2. The van der Waals surface area contributed by atoms with E-state index in [0.717, 1.165) is 5.56 Å². The fourth-order valence-electron chi connectivity index (χ4n) is 2.75. The van der Waals surface area contributed by atoms with Gasteiger partial charge in [0.05, 0.1) is 0 Å². The minimum Gasteiger partial charge on any atom is -0.326 e. The van der Waals surface area contributed by atoms with Gasteiger partial charge in [-0.25, -0.2) is 4.39 Å². The Kier molecular flexibility index (Phi) is 4.81. The highest BCUT2D eigenvalue weighted by Crippen LogP contribution is 2.23. The summed E-state index contributed by atoms with van der Waals surface area (Å²) in [6.45, 7) is 0.359. The summed E-state index contributed by atoms with van der Waals surface area (Å²) in [5.41, 5.74) is 1.42. The third-order valence-corrected chi connectivity index (χ3v) is 4.26. The lowest BCUT2D eigenvalue weighted by molar-refractivity contribution is -0.133. The Morgan fingerprint density at radius 3 is 2.50 bits per heavy atom. The Bertz CT molecular complexity index is 747. The largest absolute Gasteiger partial charge is 0.326 e. The Morgan fingerprint density at radius 1 is 1.17 bits per heavy atom. The van der Waals surface area contributed by atoms with Gasteiger partial charge in [-0.3, -0.25) is 9.59 Å². The van der Waals surface area contributed by atoms with E-state index in [1.54, 1.807) is 17.0 Å². The average molecular weight is 347 g/mol. The number of amides is 2. The lowest BCUT2D eigenvalue weighted by Gasteiger charge is -2.24. The molecule has 6 heteroatoms. The van der Waals surface area contributed by atoms with Crippen LogP contribution >= 0.6 is 11.6 Å². The van der Waals surface area contributed by atoms with Crippen molar-refractivity contribution < 1.29 is 14.0 Å². The van der Waals surface area contributed by atoms with Gasteiger partial charge in [-0.05, 0) is 48.4 Å². The van der Waals surface area contributed by atoms with Gasteiger partial charge in [0.25, 0.3) is 0 Å². The summed E-state index contributed by atoms with van der Waals surface area (Å²) >= 11 is 5.87. The molecule has 0 unspecified atom stereocenters. The summed E-state index contributed by atoms with van der Waals surface area (Å²) in [6, 6.07) is 12.2. The molecule has 2 amide bonds. The second kappa shape index (κ2) is 7.01. The molecule has 3 rings (SSSR count). The number of nitrogens with zero attached hydrogens (tertiary/aromatic N) is 1. The zero-order valence-corrected chi connectivity index (χ0v) is 13.6. The van der Waals surface area contributed by atoms with Crippen LogP contribution in [0.1, 0.15) is 18.4 Å². The van der Waals surface area contributed by atoms with E-state index in [1.165, 1.54) is 24.3 Å². The van der Waals surface area contributed by atoms with E-state index >= 15 is 0 Å². The van der Waals surface area contributed by atoms with Crippen LogP contribution in [0, 0.1) is 5.82 Å². The first-order chi connectivity index (χ1) is 11.5. The number of halogens is 2. The van der Waals surface area contributed by atoms with E-state index in [2.05, 4.69) is 5.32 Å². The number of nitrogens with one attached hydrogen (secondary N) is 1. The van der Waals surface area contributed by atoms with E-state index in [1.807, 2.05) is 12.1 Å². The van der Waals surface area contributed by atoms with Crippen molar-refractivity contribution in [1.29, 1.82) is 0 Å². The Morgan fingerprint density at radius 2 is 1.83 bits per heavy atom. The molecular formula is C18H16ClFN2O2. The van der Waals surface area contributed by atoms with Crippen molar-refractivity contribution in [2.24, 2.45) is 0 Å². The first-order valence-electron chi connectivity index (χ1n) is 7.63. The predicted octanol–water partition coefficient (Wildman–Crippen LogP) is 3.61. The van der Waals surface area contributed by atoms with Crippen LogP contribution in [0.5, 0.6) is 0 Å². The third kappa shape index (κ3) is 3.74. The van der Waals surface area contributed by atoms with Crippen LogP contribution in [0.4, 0.5) is 10.1 Å². The molecule has 0 bridgehead atoms. The summed E-state index contributed by atoms with van der Waals surface area (Å²) in [5.74, 6) is -0.681. The van der Waals surface area contributed by atoms with E-state index in [0.29, 0.717) is 30.1 Å². The van der Waals surface area contributed by atoms with Gasteiger partial charge in [0.1, 0.15) is 11.9 Å². The maximum Gasteiger partial charge on any atom is 0.247 e. The van der Waals surface area contributed by atoms with E-state index in [4.69, 9.17) is 11.6 Å². The van der Waals surface area contributed by atoms with Crippen LogP contribution in [-0.4, -0.2) is 22.8 Å². The van der Waals surface area contributed by atoms with E-state index in [-0.39, 0.29) is 17.6 Å². The molecule has 1 aliphatic rings. The minimum absolute atomic E-state index is 0.0517. The summed E-state index contributed by atoms with van der Waals surface area (Å²) in [4.78, 5) is 26.2. The average Bonchev–Trinajstić information content (AvgIpc) is 2.93. The topological polar surface area (TPSA) is 49.4 Å². The molecule has 1 atom stereocenters. The van der Waals surface area contributed by atoms with Gasteiger partial charge in [0, 0.05) is 23.7 Å². The Balaban J connectivity index is 1.70. The molecule has 1 aliphatic heterocycles. The summed E-state index contributed by atoms with van der Waals surface area (Å²) in [6.07, 6.45) is 0.814. The molecule has 24 heavy (non-hydrogen) atoms. The van der Waals surface area contributed by atoms with Crippen molar-refractivity contribution in [3.63, 3.8) is 0 Å². The van der Waals surface area contributed by atoms with Gasteiger partial charge in [-0.15, -0.1) is 0 Å². The first-order valence-corrected chi connectivity index (χ1v) is 8.01. The maximum atomic E-state index is 12.9. The molecule has 0 aliphatic carbocycles. The number of benzene rings is 2. The van der Waals surface area contributed by atoms with Crippen molar-refractivity contribution in [3.05, 3.63) is 64.9 Å². The monoisotopic (exact) mass is 346 g/mol. The van der Waals surface area contributed by atoms with Gasteiger partial charge >= 0.3 is 0 Å². The molecule has 124 valence electrons. The standard InChI is InChI=1S/C18H16ClFN2O2/c19-13-3-1-12(2-4-13)11-22-16(9-10-17(22)23)18(24)21-15-7-5-14(20)6-8-15/h1-8,16H,9-11H2,(H,21,24)/t16-/m0/s1. The molecular weight excluding hydrogens is 331 g/mol. The van der Waals surface area contributed by atoms with Crippen molar-refractivity contribution in [2.75, 3.05) is 5.32 Å². The fourth-order valence-corrected chi connectivity index (χ4v) is 2.88. The molecule has 1 saturated heterocycles. The maximum absolute atomic E-state index is 12.9. The molecule has 2 aromatic rings. The highest BCUT2D eigenvalue weighted by atomic mass is 35.5. The van der Waals surface area contributed by atoms with Crippen LogP contribution in [0.15, 0.2) is 48.5 Å². The SMILES string of the molecule is O=C(Nc1ccc(F)cc1)[C@@H]1CCC(=O)N1Cc1ccc(Cl)cc1. The molecule has 1 fully saturated rings. The molecule has 0 saturated carbocycles. The van der Waals surface area contributed by atoms with Crippen molar-refractivity contribution in [3.8, 4) is 0 Å². The quantitative estimate of drug-likeness (QED) is 0.919. The van der Waals surface area contributed by atoms with E-state index in [9.17, 15) is 14.0 Å². The first kappa shape index (κ1) is 16.5. The lowest BCUT2D eigenvalue weighted by atomic mass is 10.1. The van der Waals surface area contributed by atoms with Crippen LogP contribution in [-0.2, 0) is 16.1 Å². The van der Waals surface area contributed by atoms with Crippen LogP contribution < -0.4 is 5.32 Å². The highest BCUT2D eigenvalue weighted by Gasteiger charge is 2.35. The second-order valence-electron chi connectivity index (χ2n) is 5.70. The van der Waals surface area contributed by atoms with Crippen molar-refractivity contribution in [2.45, 2.75) is 25.4 Å². The van der Waals surface area contributed by atoms with Crippen molar-refractivity contribution >= 4 is 29.1 Å².